The molecule has 3 unspecified atom stereocenters. The third-order valence-electron chi connectivity index (χ3n) is 9.77. The molecule has 4 N–H and O–H groups in total. The Bertz CT molecular complexity index is 674. The summed E-state index contributed by atoms with van der Waals surface area (Å²) in [5, 5.41) is 43.1. The predicted molar refractivity (Wildman–Crippen MR) is 111 cm³/mol. The molecule has 0 aromatic rings. The Morgan fingerprint density at radius 1 is 1.14 bits per heavy atom. The zero-order valence-electron chi connectivity index (χ0n) is 18.5. The highest BCUT2D eigenvalue weighted by molar-refractivity contribution is 5.29. The van der Waals surface area contributed by atoms with Gasteiger partial charge in [-0.25, -0.2) is 0 Å². The molecule has 8 atom stereocenters. The minimum absolute atomic E-state index is 0.0221. The zero-order valence-corrected chi connectivity index (χ0v) is 18.5. The van der Waals surface area contributed by atoms with Crippen molar-refractivity contribution in [3.05, 3.63) is 11.6 Å². The third-order valence-corrected chi connectivity index (χ3v) is 9.77. The molecule has 5 heteroatoms. The zero-order chi connectivity index (χ0) is 21.2. The van der Waals surface area contributed by atoms with Gasteiger partial charge in [-0.1, -0.05) is 25.5 Å². The molecule has 3 fully saturated rings. The summed E-state index contributed by atoms with van der Waals surface area (Å²) >= 11 is 0. The summed E-state index contributed by atoms with van der Waals surface area (Å²) in [6.07, 6.45) is 6.91. The van der Waals surface area contributed by atoms with Crippen molar-refractivity contribution in [2.45, 2.75) is 96.1 Å². The molecule has 0 aromatic heterocycles. The van der Waals surface area contributed by atoms with Crippen LogP contribution < -0.4 is 0 Å². The topological polar surface area (TPSA) is 90.2 Å². The van der Waals surface area contributed by atoms with Gasteiger partial charge in [-0.05, 0) is 82.0 Å². The van der Waals surface area contributed by atoms with Crippen LogP contribution in [-0.4, -0.2) is 57.0 Å². The quantitative estimate of drug-likeness (QED) is 0.537. The van der Waals surface area contributed by atoms with Crippen molar-refractivity contribution in [2.75, 3.05) is 13.2 Å². The van der Waals surface area contributed by atoms with E-state index in [2.05, 4.69) is 19.9 Å². The molecule has 166 valence electrons. The third kappa shape index (κ3) is 2.91. The highest BCUT2D eigenvalue weighted by Gasteiger charge is 2.71. The first-order valence-electron chi connectivity index (χ1n) is 11.5. The van der Waals surface area contributed by atoms with E-state index in [0.717, 1.165) is 32.1 Å². The fraction of sp³-hybridized carbons (Fsp3) is 0.917. The molecule has 0 bridgehead atoms. The number of ether oxygens (including phenoxy) is 1. The lowest BCUT2D eigenvalue weighted by molar-refractivity contribution is -0.244. The fourth-order valence-electron chi connectivity index (χ4n) is 8.09. The van der Waals surface area contributed by atoms with Crippen LogP contribution in [0.15, 0.2) is 11.6 Å². The van der Waals surface area contributed by atoms with Crippen LogP contribution in [0.2, 0.25) is 0 Å². The molecule has 29 heavy (non-hydrogen) atoms. The Balaban J connectivity index is 1.70. The van der Waals surface area contributed by atoms with Crippen LogP contribution in [0.3, 0.4) is 0 Å². The number of hydrogen-bond acceptors (Lipinski definition) is 5. The molecular weight excluding hydrogens is 368 g/mol. The first-order valence-corrected chi connectivity index (χ1v) is 11.5. The minimum atomic E-state index is -0.930. The molecule has 5 nitrogen and oxygen atoms in total. The number of aliphatic hydroxyl groups is 4. The summed E-state index contributed by atoms with van der Waals surface area (Å²) < 4.78 is 6.01. The smallest absolute Gasteiger partial charge is 0.0763 e. The summed E-state index contributed by atoms with van der Waals surface area (Å²) in [5.41, 5.74) is -0.798. The molecule has 0 saturated heterocycles. The summed E-state index contributed by atoms with van der Waals surface area (Å²) in [4.78, 5) is 0. The highest BCUT2D eigenvalue weighted by Crippen LogP contribution is 2.69. The van der Waals surface area contributed by atoms with Crippen molar-refractivity contribution in [1.82, 2.24) is 0 Å². The molecule has 0 aliphatic heterocycles. The number of rotatable bonds is 4. The molecule has 0 amide bonds. The van der Waals surface area contributed by atoms with E-state index in [4.69, 9.17) is 4.74 Å². The Labute approximate surface area is 175 Å². The van der Waals surface area contributed by atoms with Crippen molar-refractivity contribution in [2.24, 2.45) is 28.6 Å². The largest absolute Gasteiger partial charge is 0.394 e. The Hall–Kier alpha value is -0.460. The first kappa shape index (κ1) is 21.8. The molecule has 0 heterocycles. The monoisotopic (exact) mass is 408 g/mol. The van der Waals surface area contributed by atoms with Gasteiger partial charge in [0.25, 0.3) is 0 Å². The normalized spacial score (nSPS) is 49.8. The van der Waals surface area contributed by atoms with Crippen molar-refractivity contribution in [3.63, 3.8) is 0 Å². The number of allylic oxidation sites excluding steroid dienone is 1. The summed E-state index contributed by atoms with van der Waals surface area (Å²) in [7, 11) is 0. The fourth-order valence-corrected chi connectivity index (χ4v) is 8.09. The highest BCUT2D eigenvalue weighted by atomic mass is 16.5. The maximum absolute atomic E-state index is 12.2. The van der Waals surface area contributed by atoms with Gasteiger partial charge in [0.1, 0.15) is 0 Å². The number of aliphatic hydroxyl groups excluding tert-OH is 3. The van der Waals surface area contributed by atoms with Crippen molar-refractivity contribution in [1.29, 1.82) is 0 Å². The van der Waals surface area contributed by atoms with Crippen LogP contribution in [0.1, 0.15) is 72.6 Å². The minimum Gasteiger partial charge on any atom is -0.394 e. The van der Waals surface area contributed by atoms with Gasteiger partial charge in [0.05, 0.1) is 36.6 Å². The van der Waals surface area contributed by atoms with Crippen LogP contribution in [0.25, 0.3) is 0 Å². The van der Waals surface area contributed by atoms with Crippen molar-refractivity contribution in [3.8, 4) is 0 Å². The Morgan fingerprint density at radius 3 is 2.55 bits per heavy atom. The summed E-state index contributed by atoms with van der Waals surface area (Å²) in [6.45, 7) is 8.68. The first-order chi connectivity index (χ1) is 13.5. The molecule has 3 saturated carbocycles. The van der Waals surface area contributed by atoms with E-state index in [9.17, 15) is 20.4 Å². The molecule has 0 radical (unpaired) electrons. The Morgan fingerprint density at radius 2 is 1.86 bits per heavy atom. The van der Waals surface area contributed by atoms with Crippen LogP contribution in [-0.2, 0) is 4.74 Å². The van der Waals surface area contributed by atoms with Crippen LogP contribution in [0, 0.1) is 28.6 Å². The van der Waals surface area contributed by atoms with Gasteiger partial charge in [-0.3, -0.25) is 0 Å². The standard InChI is InChI=1S/C24H40O5/c1-21(2,29-12-11-25)19-8-10-24(28)17-6-5-15-13-16(26)7-9-22(15,3)18(17)14-20(27)23(19,24)4/h5,16-20,25-28H,6-14H2,1-4H3/t16-,17?,18?,19?,20+,22-,23-,24-/m0/s1. The summed E-state index contributed by atoms with van der Waals surface area (Å²) in [6, 6.07) is 0. The van der Waals surface area contributed by atoms with E-state index < -0.39 is 22.7 Å². The predicted octanol–water partition coefficient (Wildman–Crippen LogP) is 2.80. The second-order valence-electron chi connectivity index (χ2n) is 11.2. The number of fused-ring (bicyclic) bond motifs is 5. The van der Waals surface area contributed by atoms with E-state index in [0.29, 0.717) is 12.8 Å². The van der Waals surface area contributed by atoms with E-state index in [1.165, 1.54) is 5.57 Å². The lowest BCUT2D eigenvalue weighted by Gasteiger charge is -2.63. The van der Waals surface area contributed by atoms with Crippen molar-refractivity contribution < 1.29 is 25.2 Å². The van der Waals surface area contributed by atoms with Crippen LogP contribution >= 0.6 is 0 Å². The molecule has 0 spiro atoms. The SMILES string of the molecule is CC(C)(OCCO)C1CC[C@]2(O)C3CC=C4C[C@@H](O)CC[C@]4(C)C3C[C@@H](O)[C@]12C. The number of hydrogen-bond donors (Lipinski definition) is 4. The maximum atomic E-state index is 12.2. The lowest BCUT2D eigenvalue weighted by atomic mass is 9.44. The van der Waals surface area contributed by atoms with Gasteiger partial charge >= 0.3 is 0 Å². The van der Waals surface area contributed by atoms with Crippen molar-refractivity contribution >= 4 is 0 Å². The molecule has 4 aliphatic carbocycles. The average Bonchev–Trinajstić information content (AvgIpc) is 2.95. The van der Waals surface area contributed by atoms with E-state index >= 15 is 0 Å². The van der Waals surface area contributed by atoms with Crippen LogP contribution in [0.4, 0.5) is 0 Å². The van der Waals surface area contributed by atoms with E-state index in [1.807, 2.05) is 13.8 Å². The van der Waals surface area contributed by atoms with Gasteiger partial charge in [0.15, 0.2) is 0 Å². The second-order valence-corrected chi connectivity index (χ2v) is 11.2. The molecule has 0 aromatic carbocycles. The van der Waals surface area contributed by atoms with E-state index in [1.54, 1.807) is 0 Å². The Kier molecular flexibility index (Phi) is 5.27. The second kappa shape index (κ2) is 7.03. The molecule has 4 rings (SSSR count). The van der Waals surface area contributed by atoms with Gasteiger partial charge in [-0.2, -0.15) is 0 Å². The molecule has 4 aliphatic rings. The van der Waals surface area contributed by atoms with E-state index in [-0.39, 0.29) is 42.5 Å². The molecular formula is C24H40O5. The van der Waals surface area contributed by atoms with Gasteiger partial charge < -0.3 is 25.2 Å². The summed E-state index contributed by atoms with van der Waals surface area (Å²) in [5.74, 6) is 0.385. The maximum Gasteiger partial charge on any atom is 0.0763 e. The van der Waals surface area contributed by atoms with Gasteiger partial charge in [0, 0.05) is 5.41 Å². The lowest BCUT2D eigenvalue weighted by Crippen LogP contribution is -2.67. The van der Waals surface area contributed by atoms with Gasteiger partial charge in [-0.15, -0.1) is 0 Å². The van der Waals surface area contributed by atoms with Gasteiger partial charge in [0.2, 0.25) is 0 Å². The van der Waals surface area contributed by atoms with Crippen LogP contribution in [0.5, 0.6) is 0 Å². The average molecular weight is 409 g/mol.